The molecule has 168 valence electrons. The van der Waals surface area contributed by atoms with Crippen LogP contribution in [-0.4, -0.2) is 27.8 Å². The number of amides is 1. The molecule has 0 saturated heterocycles. The molecule has 0 bridgehead atoms. The molecule has 5 aromatic rings. The van der Waals surface area contributed by atoms with Crippen LogP contribution < -0.4 is 5.43 Å². The Balaban J connectivity index is 1.37. The van der Waals surface area contributed by atoms with Crippen molar-refractivity contribution in [3.63, 3.8) is 0 Å². The summed E-state index contributed by atoms with van der Waals surface area (Å²) in [6, 6.07) is 21.9. The van der Waals surface area contributed by atoms with Gasteiger partial charge in [-0.2, -0.15) is 5.10 Å². The summed E-state index contributed by atoms with van der Waals surface area (Å²) < 4.78 is 8.53. The molecule has 7 nitrogen and oxygen atoms in total. The Hall–Kier alpha value is -4.17. The predicted molar refractivity (Wildman–Crippen MR) is 133 cm³/mol. The van der Waals surface area contributed by atoms with Crippen LogP contribution in [0.15, 0.2) is 93.0 Å². The maximum absolute atomic E-state index is 12.5. The Morgan fingerprint density at radius 3 is 2.76 bits per heavy atom. The SMILES string of the molecule is O=C(O)c1cccc(Cn2cc(/C=N/NC(=O)c3cc4cc(Br)ccc4o3)c3ccccc32)c1. The third kappa shape index (κ3) is 4.35. The number of aromatic nitrogens is 1. The smallest absolute Gasteiger partial charge is 0.335 e. The second-order valence-corrected chi connectivity index (χ2v) is 8.64. The van der Waals surface area contributed by atoms with E-state index in [9.17, 15) is 14.7 Å². The number of carbonyl (C=O) groups is 2. The summed E-state index contributed by atoms with van der Waals surface area (Å²) in [7, 11) is 0. The standard InChI is InChI=1S/C26H18BrN3O4/c27-20-8-9-23-18(11-20)12-24(34-23)25(31)29-28-13-19-15-30(22-7-2-1-6-21(19)22)14-16-4-3-5-17(10-16)26(32)33/h1-13,15H,14H2,(H,29,31)(H,32,33)/b28-13+. The number of nitrogens with one attached hydrogen (secondary N) is 1. The summed E-state index contributed by atoms with van der Waals surface area (Å²) >= 11 is 3.40. The average molecular weight is 516 g/mol. The minimum atomic E-state index is -0.958. The third-order valence-corrected chi connectivity index (χ3v) is 5.91. The molecule has 1 amide bonds. The van der Waals surface area contributed by atoms with Gasteiger partial charge in [-0.05, 0) is 48.0 Å². The quantitative estimate of drug-likeness (QED) is 0.225. The van der Waals surface area contributed by atoms with Gasteiger partial charge in [-0.3, -0.25) is 4.79 Å². The van der Waals surface area contributed by atoms with E-state index in [0.29, 0.717) is 12.1 Å². The number of hydrazone groups is 1. The van der Waals surface area contributed by atoms with E-state index in [2.05, 4.69) is 26.5 Å². The Bertz CT molecular complexity index is 1580. The molecule has 0 aliphatic carbocycles. The number of carboxylic acid groups (broad SMARTS) is 1. The minimum absolute atomic E-state index is 0.172. The van der Waals surface area contributed by atoms with Gasteiger partial charge in [0.05, 0.1) is 11.8 Å². The van der Waals surface area contributed by atoms with Crippen molar-refractivity contribution in [3.05, 3.63) is 106 Å². The Kier molecular flexibility index (Phi) is 5.73. The molecule has 2 aromatic heterocycles. The van der Waals surface area contributed by atoms with Crippen molar-refractivity contribution in [2.45, 2.75) is 6.54 Å². The van der Waals surface area contributed by atoms with Gasteiger partial charge >= 0.3 is 11.9 Å². The van der Waals surface area contributed by atoms with E-state index >= 15 is 0 Å². The fraction of sp³-hybridized carbons (Fsp3) is 0.0385. The number of para-hydroxylation sites is 1. The first-order valence-electron chi connectivity index (χ1n) is 10.4. The summed E-state index contributed by atoms with van der Waals surface area (Å²) in [4.78, 5) is 23.8. The number of carboxylic acids is 1. The van der Waals surface area contributed by atoms with Crippen LogP contribution in [0.25, 0.3) is 21.9 Å². The van der Waals surface area contributed by atoms with Gasteiger partial charge in [0, 0.05) is 39.1 Å². The number of benzene rings is 3. The maximum atomic E-state index is 12.5. The van der Waals surface area contributed by atoms with E-state index in [4.69, 9.17) is 4.42 Å². The molecule has 3 aromatic carbocycles. The fourth-order valence-electron chi connectivity index (χ4n) is 3.85. The normalized spacial score (nSPS) is 11.4. The molecule has 0 aliphatic rings. The van der Waals surface area contributed by atoms with Gasteiger partial charge in [0.15, 0.2) is 5.76 Å². The Labute approximate surface area is 202 Å². The van der Waals surface area contributed by atoms with Crippen LogP contribution in [0.3, 0.4) is 0 Å². The molecular weight excluding hydrogens is 498 g/mol. The number of rotatable bonds is 6. The highest BCUT2D eigenvalue weighted by Crippen LogP contribution is 2.24. The summed E-state index contributed by atoms with van der Waals surface area (Å²) in [5.41, 5.74) is 6.04. The molecule has 0 spiro atoms. The van der Waals surface area contributed by atoms with Gasteiger partial charge in [-0.25, -0.2) is 10.2 Å². The number of halogens is 1. The van der Waals surface area contributed by atoms with Crippen LogP contribution in [0.5, 0.6) is 0 Å². The van der Waals surface area contributed by atoms with Gasteiger partial charge < -0.3 is 14.1 Å². The summed E-state index contributed by atoms with van der Waals surface area (Å²) in [5, 5.41) is 15.2. The van der Waals surface area contributed by atoms with Crippen molar-refractivity contribution in [1.82, 2.24) is 9.99 Å². The first-order chi connectivity index (χ1) is 16.5. The van der Waals surface area contributed by atoms with Crippen molar-refractivity contribution in [2.24, 2.45) is 5.10 Å². The number of hydrogen-bond acceptors (Lipinski definition) is 4. The molecule has 5 rings (SSSR count). The molecule has 0 saturated carbocycles. The van der Waals surface area contributed by atoms with Crippen LogP contribution in [0, 0.1) is 0 Å². The Morgan fingerprint density at radius 2 is 1.91 bits per heavy atom. The molecule has 0 aliphatic heterocycles. The van der Waals surface area contributed by atoms with Gasteiger partial charge in [0.1, 0.15) is 5.58 Å². The number of hydrogen-bond donors (Lipinski definition) is 2. The van der Waals surface area contributed by atoms with Crippen molar-refractivity contribution in [3.8, 4) is 0 Å². The molecule has 2 N–H and O–H groups in total. The minimum Gasteiger partial charge on any atom is -0.478 e. The van der Waals surface area contributed by atoms with Crippen LogP contribution in [0.2, 0.25) is 0 Å². The van der Waals surface area contributed by atoms with Gasteiger partial charge in [0.2, 0.25) is 0 Å². The maximum Gasteiger partial charge on any atom is 0.335 e. The van der Waals surface area contributed by atoms with Crippen LogP contribution >= 0.6 is 15.9 Å². The van der Waals surface area contributed by atoms with E-state index < -0.39 is 11.9 Å². The lowest BCUT2D eigenvalue weighted by Crippen LogP contribution is -2.16. The molecule has 8 heteroatoms. The number of aromatic carboxylic acids is 1. The zero-order valence-corrected chi connectivity index (χ0v) is 19.3. The number of nitrogens with zero attached hydrogens (tertiary/aromatic N) is 2. The highest BCUT2D eigenvalue weighted by Gasteiger charge is 2.13. The lowest BCUT2D eigenvalue weighted by atomic mass is 10.1. The zero-order valence-electron chi connectivity index (χ0n) is 17.7. The lowest BCUT2D eigenvalue weighted by molar-refractivity contribution is 0.0696. The summed E-state index contributed by atoms with van der Waals surface area (Å²) in [6.07, 6.45) is 3.51. The topological polar surface area (TPSA) is 96.8 Å². The summed E-state index contributed by atoms with van der Waals surface area (Å²) in [5.74, 6) is -1.23. The molecule has 2 heterocycles. The van der Waals surface area contributed by atoms with Gasteiger partial charge in [-0.15, -0.1) is 0 Å². The fourth-order valence-corrected chi connectivity index (χ4v) is 4.23. The first-order valence-corrected chi connectivity index (χ1v) is 11.2. The average Bonchev–Trinajstić information content (AvgIpc) is 3.41. The predicted octanol–water partition coefficient (Wildman–Crippen LogP) is 5.66. The zero-order chi connectivity index (χ0) is 23.7. The van der Waals surface area contributed by atoms with E-state index in [1.54, 1.807) is 36.5 Å². The third-order valence-electron chi connectivity index (χ3n) is 5.42. The number of carbonyl (C=O) groups excluding carboxylic acids is 1. The van der Waals surface area contributed by atoms with Gasteiger partial charge in [-0.1, -0.05) is 46.3 Å². The molecule has 0 fully saturated rings. The van der Waals surface area contributed by atoms with Crippen LogP contribution in [-0.2, 0) is 6.54 Å². The Morgan fingerprint density at radius 1 is 1.06 bits per heavy atom. The van der Waals surface area contributed by atoms with E-state index in [-0.39, 0.29) is 11.3 Å². The number of furan rings is 1. The van der Waals surface area contributed by atoms with Crippen molar-refractivity contribution in [1.29, 1.82) is 0 Å². The first kappa shape index (κ1) is 21.7. The second kappa shape index (κ2) is 8.99. The highest BCUT2D eigenvalue weighted by atomic mass is 79.9. The van der Waals surface area contributed by atoms with Crippen LogP contribution in [0.1, 0.15) is 32.0 Å². The highest BCUT2D eigenvalue weighted by molar-refractivity contribution is 9.10. The monoisotopic (exact) mass is 515 g/mol. The van der Waals surface area contributed by atoms with E-state index in [1.807, 2.05) is 53.2 Å². The van der Waals surface area contributed by atoms with E-state index in [1.165, 1.54) is 0 Å². The lowest BCUT2D eigenvalue weighted by Gasteiger charge is -2.06. The van der Waals surface area contributed by atoms with E-state index in [0.717, 1.165) is 31.9 Å². The molecule has 0 atom stereocenters. The van der Waals surface area contributed by atoms with Crippen LogP contribution in [0.4, 0.5) is 0 Å². The van der Waals surface area contributed by atoms with Crippen molar-refractivity contribution < 1.29 is 19.1 Å². The summed E-state index contributed by atoms with van der Waals surface area (Å²) in [6.45, 7) is 0.496. The van der Waals surface area contributed by atoms with Gasteiger partial charge in [0.25, 0.3) is 0 Å². The molecule has 0 radical (unpaired) electrons. The number of fused-ring (bicyclic) bond motifs is 2. The largest absolute Gasteiger partial charge is 0.478 e. The molecule has 34 heavy (non-hydrogen) atoms. The van der Waals surface area contributed by atoms with Crippen molar-refractivity contribution in [2.75, 3.05) is 0 Å². The molecular formula is C26H18BrN3O4. The molecule has 0 unspecified atom stereocenters. The van der Waals surface area contributed by atoms with Crippen molar-refractivity contribution >= 4 is 55.9 Å². The second-order valence-electron chi connectivity index (χ2n) is 7.73.